The van der Waals surface area contributed by atoms with Crippen LogP contribution in [0.3, 0.4) is 0 Å². The van der Waals surface area contributed by atoms with Gasteiger partial charge >= 0.3 is 0 Å². The summed E-state index contributed by atoms with van der Waals surface area (Å²) in [5, 5.41) is 19.0. The molecule has 0 aliphatic carbocycles. The summed E-state index contributed by atoms with van der Waals surface area (Å²) >= 11 is 0. The number of hydrogen-bond acceptors (Lipinski definition) is 6. The summed E-state index contributed by atoms with van der Waals surface area (Å²) in [7, 11) is 0. The quantitative estimate of drug-likeness (QED) is 0.723. The number of nitriles is 1. The standard InChI is InChI=1S/C11H6N6O/c12-5-9-7(6-14-16-9)11-15-10(17-18-11)8-3-1-2-4-13-8/h1-4,6H,(H,14,16). The number of pyridine rings is 1. The molecular formula is C11H6N6O. The van der Waals surface area contributed by atoms with Crippen molar-refractivity contribution in [1.82, 2.24) is 25.3 Å². The van der Waals surface area contributed by atoms with Gasteiger partial charge in [-0.2, -0.15) is 15.3 Å². The van der Waals surface area contributed by atoms with Crippen LogP contribution < -0.4 is 0 Å². The highest BCUT2D eigenvalue weighted by Gasteiger charge is 2.15. The third-order valence-electron chi connectivity index (χ3n) is 2.30. The largest absolute Gasteiger partial charge is 0.333 e. The average molecular weight is 238 g/mol. The summed E-state index contributed by atoms with van der Waals surface area (Å²) in [4.78, 5) is 8.29. The van der Waals surface area contributed by atoms with Crippen LogP contribution in [0, 0.1) is 11.3 Å². The molecule has 86 valence electrons. The van der Waals surface area contributed by atoms with Gasteiger partial charge in [0.25, 0.3) is 5.89 Å². The lowest BCUT2D eigenvalue weighted by Gasteiger charge is -1.89. The number of nitrogens with one attached hydrogen (secondary N) is 1. The second kappa shape index (κ2) is 4.10. The van der Waals surface area contributed by atoms with Crippen LogP contribution in [0.2, 0.25) is 0 Å². The molecule has 0 aromatic carbocycles. The Morgan fingerprint density at radius 1 is 1.33 bits per heavy atom. The van der Waals surface area contributed by atoms with E-state index in [9.17, 15) is 0 Å². The predicted molar refractivity (Wildman–Crippen MR) is 59.8 cm³/mol. The molecule has 7 nitrogen and oxygen atoms in total. The van der Waals surface area contributed by atoms with Crippen molar-refractivity contribution < 1.29 is 4.52 Å². The number of aromatic amines is 1. The lowest BCUT2D eigenvalue weighted by molar-refractivity contribution is 0.432. The van der Waals surface area contributed by atoms with Crippen LogP contribution in [-0.2, 0) is 0 Å². The van der Waals surface area contributed by atoms with Crippen LogP contribution >= 0.6 is 0 Å². The predicted octanol–water partition coefficient (Wildman–Crippen LogP) is 1.39. The van der Waals surface area contributed by atoms with Crippen molar-refractivity contribution in [2.75, 3.05) is 0 Å². The van der Waals surface area contributed by atoms with E-state index in [1.165, 1.54) is 6.20 Å². The third-order valence-corrected chi connectivity index (χ3v) is 2.30. The van der Waals surface area contributed by atoms with E-state index < -0.39 is 0 Å². The first-order valence-electron chi connectivity index (χ1n) is 5.07. The molecular weight excluding hydrogens is 232 g/mol. The number of aromatic nitrogens is 5. The van der Waals surface area contributed by atoms with Crippen molar-refractivity contribution in [1.29, 1.82) is 5.26 Å². The molecule has 3 heterocycles. The van der Waals surface area contributed by atoms with Crippen LogP contribution in [0.15, 0.2) is 35.1 Å². The Hall–Kier alpha value is -3.01. The number of H-pyrrole nitrogens is 1. The topological polar surface area (TPSA) is 104 Å². The molecule has 0 saturated carbocycles. The first kappa shape index (κ1) is 10.2. The van der Waals surface area contributed by atoms with E-state index in [1.54, 1.807) is 18.3 Å². The van der Waals surface area contributed by atoms with Crippen molar-refractivity contribution in [2.24, 2.45) is 0 Å². The Kier molecular flexibility index (Phi) is 2.32. The SMILES string of the molecule is N#Cc1[nH]ncc1-c1nc(-c2ccccn2)no1. The van der Waals surface area contributed by atoms with Gasteiger partial charge in [0.2, 0.25) is 5.82 Å². The highest BCUT2D eigenvalue weighted by Crippen LogP contribution is 2.22. The first-order chi connectivity index (χ1) is 8.88. The van der Waals surface area contributed by atoms with E-state index in [-0.39, 0.29) is 11.6 Å². The molecule has 0 fully saturated rings. The molecule has 1 N–H and O–H groups in total. The lowest BCUT2D eigenvalue weighted by Crippen LogP contribution is -1.84. The van der Waals surface area contributed by atoms with Crippen LogP contribution in [0.1, 0.15) is 5.69 Å². The lowest BCUT2D eigenvalue weighted by atomic mass is 10.2. The molecule has 3 rings (SSSR count). The Bertz CT molecular complexity index is 708. The minimum absolute atomic E-state index is 0.237. The van der Waals surface area contributed by atoms with Gasteiger partial charge in [-0.25, -0.2) is 0 Å². The Labute approximate surface area is 101 Å². The summed E-state index contributed by atoms with van der Waals surface area (Å²) in [5.41, 5.74) is 1.37. The van der Waals surface area contributed by atoms with Crippen molar-refractivity contribution in [3.05, 3.63) is 36.3 Å². The maximum absolute atomic E-state index is 8.87. The molecule has 0 bridgehead atoms. The highest BCUT2D eigenvalue weighted by atomic mass is 16.5. The molecule has 0 unspecified atom stereocenters. The third kappa shape index (κ3) is 1.62. The molecule has 0 amide bonds. The van der Waals surface area contributed by atoms with Crippen molar-refractivity contribution in [2.45, 2.75) is 0 Å². The number of hydrogen-bond donors (Lipinski definition) is 1. The van der Waals surface area contributed by atoms with Crippen LogP contribution in [0.4, 0.5) is 0 Å². The zero-order valence-electron chi connectivity index (χ0n) is 9.03. The number of nitrogens with zero attached hydrogens (tertiary/aromatic N) is 5. The number of rotatable bonds is 2. The van der Waals surface area contributed by atoms with Crippen LogP contribution in [0.5, 0.6) is 0 Å². The summed E-state index contributed by atoms with van der Waals surface area (Å²) in [6.45, 7) is 0. The van der Waals surface area contributed by atoms with Crippen LogP contribution in [-0.4, -0.2) is 25.3 Å². The molecule has 0 atom stereocenters. The molecule has 0 aliphatic rings. The Morgan fingerprint density at radius 2 is 2.28 bits per heavy atom. The minimum atomic E-state index is 0.237. The van der Waals surface area contributed by atoms with Crippen molar-refractivity contribution in [3.8, 4) is 29.0 Å². The van der Waals surface area contributed by atoms with Crippen molar-refractivity contribution >= 4 is 0 Å². The van der Waals surface area contributed by atoms with Crippen molar-refractivity contribution in [3.63, 3.8) is 0 Å². The minimum Gasteiger partial charge on any atom is -0.333 e. The van der Waals surface area contributed by atoms with E-state index in [0.717, 1.165) is 0 Å². The van der Waals surface area contributed by atoms with Gasteiger partial charge in [0.05, 0.1) is 11.8 Å². The van der Waals surface area contributed by atoms with Gasteiger partial charge in [0.15, 0.2) is 0 Å². The van der Waals surface area contributed by atoms with E-state index in [4.69, 9.17) is 9.78 Å². The van der Waals surface area contributed by atoms with Gasteiger partial charge in [-0.1, -0.05) is 11.2 Å². The van der Waals surface area contributed by atoms with Gasteiger partial charge in [0, 0.05) is 6.20 Å². The zero-order chi connectivity index (χ0) is 12.4. The van der Waals surface area contributed by atoms with E-state index in [1.807, 2.05) is 12.1 Å². The normalized spacial score (nSPS) is 10.2. The molecule has 7 heteroatoms. The molecule has 3 aromatic rings. The summed E-state index contributed by atoms with van der Waals surface area (Å²) in [6.07, 6.45) is 3.11. The van der Waals surface area contributed by atoms with Gasteiger partial charge in [0.1, 0.15) is 17.5 Å². The van der Waals surface area contributed by atoms with E-state index in [2.05, 4.69) is 25.3 Å². The molecule has 0 aliphatic heterocycles. The smallest absolute Gasteiger partial charge is 0.262 e. The van der Waals surface area contributed by atoms with Gasteiger partial charge in [-0.3, -0.25) is 10.1 Å². The fourth-order valence-corrected chi connectivity index (χ4v) is 1.47. The molecule has 0 spiro atoms. The monoisotopic (exact) mass is 238 g/mol. The molecule has 0 radical (unpaired) electrons. The van der Waals surface area contributed by atoms with Gasteiger partial charge < -0.3 is 4.52 Å². The average Bonchev–Trinajstić information content (AvgIpc) is 3.08. The highest BCUT2D eigenvalue weighted by molar-refractivity contribution is 5.61. The first-order valence-corrected chi connectivity index (χ1v) is 5.07. The Morgan fingerprint density at radius 3 is 3.06 bits per heavy atom. The maximum Gasteiger partial charge on any atom is 0.262 e. The fourth-order valence-electron chi connectivity index (χ4n) is 1.47. The Balaban J connectivity index is 2.03. The van der Waals surface area contributed by atoms with E-state index in [0.29, 0.717) is 17.1 Å². The summed E-state index contributed by atoms with van der Waals surface area (Å²) < 4.78 is 5.09. The van der Waals surface area contributed by atoms with Gasteiger partial charge in [-0.15, -0.1) is 0 Å². The summed E-state index contributed by atoms with van der Waals surface area (Å²) in [6, 6.07) is 7.36. The molecule has 18 heavy (non-hydrogen) atoms. The second-order valence-corrected chi connectivity index (χ2v) is 3.41. The maximum atomic E-state index is 8.87. The van der Waals surface area contributed by atoms with Gasteiger partial charge in [-0.05, 0) is 12.1 Å². The molecule has 0 saturated heterocycles. The second-order valence-electron chi connectivity index (χ2n) is 3.41. The summed E-state index contributed by atoms with van der Waals surface area (Å²) in [5.74, 6) is 0.608. The zero-order valence-corrected chi connectivity index (χ0v) is 9.03. The molecule has 3 aromatic heterocycles. The van der Waals surface area contributed by atoms with Crippen LogP contribution in [0.25, 0.3) is 23.0 Å². The fraction of sp³-hybridized carbons (Fsp3) is 0. The van der Waals surface area contributed by atoms with E-state index >= 15 is 0 Å².